The number of carbonyl (C=O) groups is 1. The van der Waals surface area contributed by atoms with Gasteiger partial charge in [0.15, 0.2) is 0 Å². The maximum absolute atomic E-state index is 12.6. The van der Waals surface area contributed by atoms with Crippen molar-refractivity contribution in [2.45, 2.75) is 18.9 Å². The Labute approximate surface area is 127 Å². The van der Waals surface area contributed by atoms with Gasteiger partial charge in [0.25, 0.3) is 5.91 Å². The number of amides is 1. The molecule has 1 amide bonds. The Bertz CT molecular complexity index is 638. The molecule has 1 aromatic carbocycles. The van der Waals surface area contributed by atoms with Crippen LogP contribution < -0.4 is 0 Å². The lowest BCUT2D eigenvalue weighted by Gasteiger charge is -2.25. The summed E-state index contributed by atoms with van der Waals surface area (Å²) in [5.41, 5.74) is 1.39. The minimum atomic E-state index is -0.105. The van der Waals surface area contributed by atoms with Crippen LogP contribution in [0.4, 0.5) is 0 Å². The number of rotatable bonds is 2. The van der Waals surface area contributed by atoms with Gasteiger partial charge in [-0.1, -0.05) is 29.8 Å². The summed E-state index contributed by atoms with van der Waals surface area (Å²) in [6.45, 7) is 0.705. The third-order valence-corrected chi connectivity index (χ3v) is 4.26. The van der Waals surface area contributed by atoms with Gasteiger partial charge in [0.2, 0.25) is 5.22 Å². The van der Waals surface area contributed by atoms with Crippen LogP contribution >= 0.6 is 23.2 Å². The summed E-state index contributed by atoms with van der Waals surface area (Å²) in [4.78, 5) is 14.4. The van der Waals surface area contributed by atoms with Crippen molar-refractivity contribution in [2.75, 3.05) is 6.54 Å². The molecular weight excluding hydrogens is 297 g/mol. The summed E-state index contributed by atoms with van der Waals surface area (Å²) in [6.07, 6.45) is 3.29. The van der Waals surface area contributed by atoms with E-state index in [1.54, 1.807) is 6.07 Å². The van der Waals surface area contributed by atoms with Crippen LogP contribution in [0.1, 0.15) is 34.8 Å². The van der Waals surface area contributed by atoms with Gasteiger partial charge in [0, 0.05) is 11.6 Å². The van der Waals surface area contributed by atoms with Gasteiger partial charge < -0.3 is 9.32 Å². The van der Waals surface area contributed by atoms with Gasteiger partial charge in [-0.25, -0.2) is 0 Å². The second-order valence-corrected chi connectivity index (χ2v) is 5.54. The van der Waals surface area contributed by atoms with E-state index in [0.717, 1.165) is 18.4 Å². The standard InChI is InChI=1S/C15H13Cl2NO2/c16-12-5-2-1-4-10(12)13-6-3-8-18(13)15(19)11-7-9-20-14(11)17/h1-2,4-5,7,9,13H,3,6,8H2. The third kappa shape index (κ3) is 2.32. The van der Waals surface area contributed by atoms with Crippen LogP contribution in [-0.2, 0) is 0 Å². The summed E-state index contributed by atoms with van der Waals surface area (Å²) in [5.74, 6) is -0.105. The Hall–Kier alpha value is -1.45. The number of benzene rings is 1. The second-order valence-electron chi connectivity index (χ2n) is 4.79. The molecule has 1 saturated heterocycles. The van der Waals surface area contributed by atoms with Crippen molar-refractivity contribution in [3.05, 3.63) is 58.0 Å². The van der Waals surface area contributed by atoms with Crippen molar-refractivity contribution < 1.29 is 9.21 Å². The fourth-order valence-corrected chi connectivity index (χ4v) is 3.14. The molecular formula is C15H13Cl2NO2. The van der Waals surface area contributed by atoms with Gasteiger partial charge in [-0.3, -0.25) is 4.79 Å². The van der Waals surface area contributed by atoms with Crippen LogP contribution in [0.25, 0.3) is 0 Å². The monoisotopic (exact) mass is 309 g/mol. The number of carbonyl (C=O) groups excluding carboxylic acids is 1. The molecule has 1 unspecified atom stereocenters. The van der Waals surface area contributed by atoms with Gasteiger partial charge in [-0.2, -0.15) is 0 Å². The zero-order valence-electron chi connectivity index (χ0n) is 10.7. The van der Waals surface area contributed by atoms with E-state index in [-0.39, 0.29) is 17.2 Å². The molecule has 104 valence electrons. The van der Waals surface area contributed by atoms with Gasteiger partial charge in [0.05, 0.1) is 17.9 Å². The Kier molecular flexibility index (Phi) is 3.72. The maximum atomic E-state index is 12.6. The molecule has 20 heavy (non-hydrogen) atoms. The van der Waals surface area contributed by atoms with E-state index in [9.17, 15) is 4.79 Å². The molecule has 3 nitrogen and oxygen atoms in total. The molecule has 3 rings (SSSR count). The quantitative estimate of drug-likeness (QED) is 0.814. The number of nitrogens with zero attached hydrogens (tertiary/aromatic N) is 1. The molecule has 2 heterocycles. The highest BCUT2D eigenvalue weighted by molar-refractivity contribution is 6.32. The van der Waals surface area contributed by atoms with E-state index in [2.05, 4.69) is 0 Å². The second kappa shape index (κ2) is 5.51. The van der Waals surface area contributed by atoms with E-state index >= 15 is 0 Å². The molecule has 0 spiro atoms. The first-order chi connectivity index (χ1) is 9.68. The first-order valence-electron chi connectivity index (χ1n) is 6.47. The van der Waals surface area contributed by atoms with Crippen molar-refractivity contribution >= 4 is 29.1 Å². The number of hydrogen-bond donors (Lipinski definition) is 0. The predicted octanol–water partition coefficient (Wildman–Crippen LogP) is 4.56. The highest BCUT2D eigenvalue weighted by Gasteiger charge is 2.33. The average molecular weight is 310 g/mol. The zero-order chi connectivity index (χ0) is 14.1. The van der Waals surface area contributed by atoms with Crippen molar-refractivity contribution in [1.29, 1.82) is 0 Å². The minimum Gasteiger partial charge on any atom is -0.452 e. The summed E-state index contributed by atoms with van der Waals surface area (Å²) in [6, 6.07) is 9.25. The molecule has 0 bridgehead atoms. The number of furan rings is 1. The van der Waals surface area contributed by atoms with E-state index in [4.69, 9.17) is 27.6 Å². The third-order valence-electron chi connectivity index (χ3n) is 3.63. The summed E-state index contributed by atoms with van der Waals surface area (Å²) in [5, 5.41) is 0.829. The lowest BCUT2D eigenvalue weighted by Crippen LogP contribution is -2.30. The molecule has 0 saturated carbocycles. The summed E-state index contributed by atoms with van der Waals surface area (Å²) in [7, 11) is 0. The molecule has 1 aliphatic rings. The lowest BCUT2D eigenvalue weighted by molar-refractivity contribution is 0.0735. The Morgan fingerprint density at radius 1 is 1.25 bits per heavy atom. The fourth-order valence-electron chi connectivity index (χ4n) is 2.68. The highest BCUT2D eigenvalue weighted by Crippen LogP contribution is 2.37. The number of likely N-dealkylation sites (tertiary alicyclic amines) is 1. The molecule has 5 heteroatoms. The predicted molar refractivity (Wildman–Crippen MR) is 78.2 cm³/mol. The zero-order valence-corrected chi connectivity index (χ0v) is 12.2. The molecule has 1 fully saturated rings. The molecule has 0 N–H and O–H groups in total. The van der Waals surface area contributed by atoms with E-state index < -0.39 is 0 Å². The Morgan fingerprint density at radius 2 is 2.05 bits per heavy atom. The highest BCUT2D eigenvalue weighted by atomic mass is 35.5. The smallest absolute Gasteiger partial charge is 0.259 e. The van der Waals surface area contributed by atoms with Gasteiger partial charge in [-0.05, 0) is 42.1 Å². The van der Waals surface area contributed by atoms with Gasteiger partial charge >= 0.3 is 0 Å². The van der Waals surface area contributed by atoms with Crippen LogP contribution in [0.2, 0.25) is 10.2 Å². The molecule has 1 aromatic heterocycles. The van der Waals surface area contributed by atoms with Crippen LogP contribution in [0.15, 0.2) is 41.0 Å². The summed E-state index contributed by atoms with van der Waals surface area (Å²) < 4.78 is 5.00. The van der Waals surface area contributed by atoms with Crippen molar-refractivity contribution in [3.63, 3.8) is 0 Å². The maximum Gasteiger partial charge on any atom is 0.259 e. The van der Waals surface area contributed by atoms with E-state index in [0.29, 0.717) is 17.1 Å². The SMILES string of the molecule is O=C(c1ccoc1Cl)N1CCCC1c1ccccc1Cl. The van der Waals surface area contributed by atoms with Crippen LogP contribution in [0.5, 0.6) is 0 Å². The van der Waals surface area contributed by atoms with Gasteiger partial charge in [0.1, 0.15) is 0 Å². The average Bonchev–Trinajstić information content (AvgIpc) is 3.07. The van der Waals surface area contributed by atoms with Crippen LogP contribution in [0, 0.1) is 0 Å². The Balaban J connectivity index is 1.92. The minimum absolute atomic E-state index is 0.00201. The molecule has 1 atom stereocenters. The molecule has 1 aliphatic heterocycles. The summed E-state index contributed by atoms with van der Waals surface area (Å²) >= 11 is 12.1. The Morgan fingerprint density at radius 3 is 2.75 bits per heavy atom. The van der Waals surface area contributed by atoms with Crippen LogP contribution in [0.3, 0.4) is 0 Å². The topological polar surface area (TPSA) is 33.5 Å². The molecule has 0 aliphatic carbocycles. The van der Waals surface area contributed by atoms with E-state index in [1.165, 1.54) is 6.26 Å². The lowest BCUT2D eigenvalue weighted by atomic mass is 10.0. The van der Waals surface area contributed by atoms with Crippen molar-refractivity contribution in [1.82, 2.24) is 4.90 Å². The van der Waals surface area contributed by atoms with Crippen LogP contribution in [-0.4, -0.2) is 17.4 Å². The first-order valence-corrected chi connectivity index (χ1v) is 7.22. The molecule has 2 aromatic rings. The normalized spacial score (nSPS) is 18.5. The number of halogens is 2. The largest absolute Gasteiger partial charge is 0.452 e. The van der Waals surface area contributed by atoms with Crippen molar-refractivity contribution in [2.24, 2.45) is 0 Å². The fraction of sp³-hybridized carbons (Fsp3) is 0.267. The number of hydrogen-bond acceptors (Lipinski definition) is 2. The molecule has 0 radical (unpaired) electrons. The first kappa shape index (κ1) is 13.5. The van der Waals surface area contributed by atoms with Gasteiger partial charge in [-0.15, -0.1) is 0 Å². The van der Waals surface area contributed by atoms with E-state index in [1.807, 2.05) is 29.2 Å². The van der Waals surface area contributed by atoms with Crippen molar-refractivity contribution in [3.8, 4) is 0 Å².